The van der Waals surface area contributed by atoms with Gasteiger partial charge in [0.2, 0.25) is 5.89 Å². The summed E-state index contributed by atoms with van der Waals surface area (Å²) in [5.41, 5.74) is 11.0. The Morgan fingerprint density at radius 2 is 1.10 bits per heavy atom. The highest BCUT2D eigenvalue weighted by Gasteiger charge is 2.14. The topological polar surface area (TPSA) is 31.0 Å². The van der Waals surface area contributed by atoms with Gasteiger partial charge < -0.3 is 8.98 Å². The lowest BCUT2D eigenvalue weighted by Crippen LogP contribution is -1.94. The molecule has 2 heterocycles. The summed E-state index contributed by atoms with van der Waals surface area (Å²) in [5.74, 6) is 0.643. The van der Waals surface area contributed by atoms with E-state index in [4.69, 9.17) is 4.42 Å². The third-order valence-electron chi connectivity index (χ3n) is 7.64. The number of aromatic nitrogens is 2. The van der Waals surface area contributed by atoms with Crippen LogP contribution < -0.4 is 0 Å². The predicted octanol–water partition coefficient (Wildman–Crippen LogP) is 9.93. The van der Waals surface area contributed by atoms with Crippen molar-refractivity contribution in [1.82, 2.24) is 9.55 Å². The van der Waals surface area contributed by atoms with Gasteiger partial charge in [-0.15, -0.1) is 0 Å². The molecular weight excluding hydrogens is 488 g/mol. The molecule has 0 bridgehead atoms. The Kier molecular flexibility index (Phi) is 5.14. The molecule has 0 aliphatic carbocycles. The molecule has 0 aliphatic rings. The Morgan fingerprint density at radius 1 is 0.450 bits per heavy atom. The van der Waals surface area contributed by atoms with E-state index in [0.29, 0.717) is 5.89 Å². The first-order valence-electron chi connectivity index (χ1n) is 13.5. The van der Waals surface area contributed by atoms with E-state index in [0.717, 1.165) is 27.9 Å². The molecule has 0 spiro atoms. The molecule has 0 saturated carbocycles. The average molecular weight is 513 g/mol. The van der Waals surface area contributed by atoms with Crippen LogP contribution in [0.1, 0.15) is 0 Å². The number of para-hydroxylation sites is 3. The molecule has 0 unspecified atom stereocenters. The first-order chi connectivity index (χ1) is 19.8. The number of fused-ring (bicyclic) bond motifs is 4. The first-order valence-corrected chi connectivity index (χ1v) is 13.5. The Hall–Kier alpha value is -5.41. The maximum absolute atomic E-state index is 5.97. The van der Waals surface area contributed by atoms with Crippen molar-refractivity contribution in [2.45, 2.75) is 0 Å². The first kappa shape index (κ1) is 22.6. The summed E-state index contributed by atoms with van der Waals surface area (Å²) in [6.07, 6.45) is 0. The van der Waals surface area contributed by atoms with Gasteiger partial charge in [-0.05, 0) is 76.9 Å². The molecule has 6 aromatic carbocycles. The van der Waals surface area contributed by atoms with Crippen molar-refractivity contribution in [2.75, 3.05) is 0 Å². The molecule has 40 heavy (non-hydrogen) atoms. The van der Waals surface area contributed by atoms with Crippen molar-refractivity contribution in [3.63, 3.8) is 0 Å². The molecule has 0 fully saturated rings. The van der Waals surface area contributed by atoms with E-state index < -0.39 is 0 Å². The van der Waals surface area contributed by atoms with E-state index >= 15 is 0 Å². The number of nitrogens with zero attached hydrogens (tertiary/aromatic N) is 2. The lowest BCUT2D eigenvalue weighted by atomic mass is 10.0. The molecule has 2 aromatic heterocycles. The normalized spacial score (nSPS) is 11.5. The van der Waals surface area contributed by atoms with Gasteiger partial charge in [0, 0.05) is 22.0 Å². The summed E-state index contributed by atoms with van der Waals surface area (Å²) in [4.78, 5) is 4.65. The Labute approximate surface area is 231 Å². The molecule has 0 radical (unpaired) electrons. The zero-order valence-electron chi connectivity index (χ0n) is 21.7. The van der Waals surface area contributed by atoms with E-state index in [1.54, 1.807) is 0 Å². The maximum atomic E-state index is 5.97. The second-order valence-electron chi connectivity index (χ2n) is 10.1. The summed E-state index contributed by atoms with van der Waals surface area (Å²) in [5, 5.41) is 2.48. The molecule has 8 rings (SSSR count). The fourth-order valence-electron chi connectivity index (χ4n) is 5.69. The molecule has 0 aliphatic heterocycles. The van der Waals surface area contributed by atoms with Crippen LogP contribution in [-0.2, 0) is 0 Å². The summed E-state index contributed by atoms with van der Waals surface area (Å²) < 4.78 is 8.35. The van der Waals surface area contributed by atoms with Gasteiger partial charge in [0.05, 0.1) is 11.0 Å². The zero-order chi connectivity index (χ0) is 26.5. The van der Waals surface area contributed by atoms with Crippen LogP contribution in [0.3, 0.4) is 0 Å². The molecule has 0 saturated heterocycles. The van der Waals surface area contributed by atoms with Crippen LogP contribution in [0.25, 0.3) is 72.3 Å². The van der Waals surface area contributed by atoms with Gasteiger partial charge in [-0.25, -0.2) is 4.98 Å². The molecule has 0 atom stereocenters. The lowest BCUT2D eigenvalue weighted by Gasteiger charge is -2.11. The van der Waals surface area contributed by atoms with E-state index in [1.807, 2.05) is 24.3 Å². The van der Waals surface area contributed by atoms with Gasteiger partial charge in [0.1, 0.15) is 5.52 Å². The van der Waals surface area contributed by atoms with Gasteiger partial charge in [-0.2, -0.15) is 0 Å². The van der Waals surface area contributed by atoms with Crippen molar-refractivity contribution in [1.29, 1.82) is 0 Å². The summed E-state index contributed by atoms with van der Waals surface area (Å²) in [7, 11) is 0. The van der Waals surface area contributed by atoms with Gasteiger partial charge in [-0.1, -0.05) is 91.0 Å². The second kappa shape index (κ2) is 9.11. The van der Waals surface area contributed by atoms with Gasteiger partial charge >= 0.3 is 0 Å². The van der Waals surface area contributed by atoms with Gasteiger partial charge in [0.15, 0.2) is 5.58 Å². The third-order valence-corrected chi connectivity index (χ3v) is 7.64. The van der Waals surface area contributed by atoms with Crippen LogP contribution in [0.4, 0.5) is 0 Å². The minimum atomic E-state index is 0.643. The molecule has 0 amide bonds. The van der Waals surface area contributed by atoms with E-state index in [9.17, 15) is 0 Å². The fraction of sp³-hybridized carbons (Fsp3) is 0. The highest BCUT2D eigenvalue weighted by molar-refractivity contribution is 6.10. The van der Waals surface area contributed by atoms with Gasteiger partial charge in [0.25, 0.3) is 0 Å². The maximum Gasteiger partial charge on any atom is 0.227 e. The summed E-state index contributed by atoms with van der Waals surface area (Å²) in [6.45, 7) is 0. The molecule has 0 N–H and O–H groups in total. The van der Waals surface area contributed by atoms with Crippen molar-refractivity contribution in [3.8, 4) is 39.4 Å². The SMILES string of the molecule is c1ccc(-c2cccc(-n3c4ccccc4c4cc(-c5ccc(-c6nc7ccccc7o6)cc5)ccc43)c2)cc1. The largest absolute Gasteiger partial charge is 0.436 e. The highest BCUT2D eigenvalue weighted by Crippen LogP contribution is 2.36. The van der Waals surface area contributed by atoms with Crippen LogP contribution in [-0.4, -0.2) is 9.55 Å². The fourth-order valence-corrected chi connectivity index (χ4v) is 5.69. The standard InChI is InChI=1S/C37H24N2O/c1-2-9-25(10-3-1)28-11-8-12-30(23-28)39-34-15-6-4-13-31(34)32-24-29(21-22-35(32)39)26-17-19-27(20-18-26)37-38-33-14-5-7-16-36(33)40-37/h1-24H. The Morgan fingerprint density at radius 3 is 1.98 bits per heavy atom. The van der Waals surface area contributed by atoms with Gasteiger partial charge in [-0.3, -0.25) is 0 Å². The van der Waals surface area contributed by atoms with Crippen LogP contribution in [0, 0.1) is 0 Å². The van der Waals surface area contributed by atoms with Crippen molar-refractivity contribution in [3.05, 3.63) is 146 Å². The van der Waals surface area contributed by atoms with Crippen LogP contribution in [0.5, 0.6) is 0 Å². The zero-order valence-corrected chi connectivity index (χ0v) is 21.7. The smallest absolute Gasteiger partial charge is 0.227 e. The second-order valence-corrected chi connectivity index (χ2v) is 10.1. The lowest BCUT2D eigenvalue weighted by molar-refractivity contribution is 0.620. The van der Waals surface area contributed by atoms with Crippen molar-refractivity contribution < 1.29 is 4.42 Å². The van der Waals surface area contributed by atoms with Crippen molar-refractivity contribution in [2.24, 2.45) is 0 Å². The number of hydrogen-bond acceptors (Lipinski definition) is 2. The molecule has 3 nitrogen and oxygen atoms in total. The van der Waals surface area contributed by atoms with E-state index in [-0.39, 0.29) is 0 Å². The van der Waals surface area contributed by atoms with Crippen LogP contribution in [0.2, 0.25) is 0 Å². The molecule has 3 heteroatoms. The third kappa shape index (κ3) is 3.71. The minimum Gasteiger partial charge on any atom is -0.436 e. The number of rotatable bonds is 4. The van der Waals surface area contributed by atoms with E-state index in [2.05, 4.69) is 131 Å². The summed E-state index contributed by atoms with van der Waals surface area (Å²) >= 11 is 0. The molecule has 188 valence electrons. The van der Waals surface area contributed by atoms with Crippen molar-refractivity contribution >= 4 is 32.9 Å². The number of benzene rings is 6. The van der Waals surface area contributed by atoms with E-state index in [1.165, 1.54) is 38.5 Å². The quantitative estimate of drug-likeness (QED) is 0.235. The summed E-state index contributed by atoms with van der Waals surface area (Å²) in [6, 6.07) is 51.1. The highest BCUT2D eigenvalue weighted by atomic mass is 16.3. The molecular formula is C37H24N2O. The average Bonchev–Trinajstić information content (AvgIpc) is 3.61. The Bertz CT molecular complexity index is 2120. The minimum absolute atomic E-state index is 0.643. The van der Waals surface area contributed by atoms with Crippen LogP contribution in [0.15, 0.2) is 150 Å². The Balaban J connectivity index is 1.22. The number of oxazole rings is 1. The monoisotopic (exact) mass is 512 g/mol. The van der Waals surface area contributed by atoms with Crippen LogP contribution >= 0.6 is 0 Å². The number of hydrogen-bond donors (Lipinski definition) is 0. The molecule has 8 aromatic rings. The predicted molar refractivity (Wildman–Crippen MR) is 165 cm³/mol.